The second-order valence-corrected chi connectivity index (χ2v) is 7.18. The number of halogens is 1. The van der Waals surface area contributed by atoms with Crippen LogP contribution < -0.4 is 10.0 Å². The smallest absolute Gasteiger partial charge is 0.251 e. The van der Waals surface area contributed by atoms with Gasteiger partial charge < -0.3 is 5.32 Å². The molecule has 0 heterocycles. The maximum absolute atomic E-state index is 11.8. The van der Waals surface area contributed by atoms with Gasteiger partial charge in [0, 0.05) is 17.3 Å². The lowest BCUT2D eigenvalue weighted by atomic mass is 10.2. The van der Waals surface area contributed by atoms with Crippen LogP contribution in [0.4, 0.5) is 5.69 Å². The van der Waals surface area contributed by atoms with Crippen LogP contribution in [0.5, 0.6) is 0 Å². The summed E-state index contributed by atoms with van der Waals surface area (Å²) in [5.74, 6) is -0.169. The molecule has 0 bridgehead atoms. The molecule has 0 aliphatic heterocycles. The van der Waals surface area contributed by atoms with Gasteiger partial charge in [-0.05, 0) is 31.0 Å². The van der Waals surface area contributed by atoms with E-state index in [1.807, 2.05) is 0 Å². The molecule has 0 aromatic heterocycles. The second kappa shape index (κ2) is 5.27. The van der Waals surface area contributed by atoms with Crippen molar-refractivity contribution < 1.29 is 13.2 Å². The molecule has 1 amide bonds. The molecule has 0 atom stereocenters. The second-order valence-electron chi connectivity index (χ2n) is 4.15. The fraction of sp³-hybridized carbons (Fsp3) is 0.364. The molecule has 1 saturated carbocycles. The molecular formula is C11H13BrN2O3S. The van der Waals surface area contributed by atoms with Gasteiger partial charge in [0.15, 0.2) is 0 Å². The SMILES string of the molecule is O=C(NC1CC1)c1cccc(NS(=O)(=O)CBr)c1. The van der Waals surface area contributed by atoms with Crippen LogP contribution in [0.2, 0.25) is 0 Å². The molecule has 5 nitrogen and oxygen atoms in total. The lowest BCUT2D eigenvalue weighted by molar-refractivity contribution is 0.0951. The van der Waals surface area contributed by atoms with E-state index >= 15 is 0 Å². The van der Waals surface area contributed by atoms with Crippen LogP contribution in [0, 0.1) is 0 Å². The van der Waals surface area contributed by atoms with E-state index in [0.717, 1.165) is 12.8 Å². The first-order valence-electron chi connectivity index (χ1n) is 5.47. The molecule has 2 N–H and O–H groups in total. The Labute approximate surface area is 114 Å². The molecule has 0 unspecified atom stereocenters. The molecule has 7 heteroatoms. The first kappa shape index (κ1) is 13.4. The van der Waals surface area contributed by atoms with Crippen LogP contribution in [0.15, 0.2) is 24.3 Å². The fourth-order valence-electron chi connectivity index (χ4n) is 1.43. The number of carbonyl (C=O) groups excluding carboxylic acids is 1. The van der Waals surface area contributed by atoms with Crippen LogP contribution in [-0.4, -0.2) is 25.0 Å². The average molecular weight is 333 g/mol. The molecule has 0 radical (unpaired) electrons. The van der Waals surface area contributed by atoms with Crippen LogP contribution in [0.1, 0.15) is 23.2 Å². The van der Waals surface area contributed by atoms with Gasteiger partial charge in [0.05, 0.1) is 0 Å². The number of carbonyl (C=O) groups is 1. The highest BCUT2D eigenvalue weighted by Gasteiger charge is 2.23. The van der Waals surface area contributed by atoms with Gasteiger partial charge in [0.2, 0.25) is 10.0 Å². The van der Waals surface area contributed by atoms with E-state index in [4.69, 9.17) is 0 Å². The Kier molecular flexibility index (Phi) is 3.91. The minimum Gasteiger partial charge on any atom is -0.349 e. The summed E-state index contributed by atoms with van der Waals surface area (Å²) in [7, 11) is -3.39. The summed E-state index contributed by atoms with van der Waals surface area (Å²) in [4.78, 5) is 11.8. The number of alkyl halides is 1. The van der Waals surface area contributed by atoms with Crippen molar-refractivity contribution in [3.05, 3.63) is 29.8 Å². The molecule has 98 valence electrons. The van der Waals surface area contributed by atoms with Gasteiger partial charge in [-0.3, -0.25) is 9.52 Å². The van der Waals surface area contributed by atoms with Gasteiger partial charge in [-0.2, -0.15) is 0 Å². The Balaban J connectivity index is 2.11. The molecule has 1 aliphatic rings. The molecule has 1 aliphatic carbocycles. The first-order chi connectivity index (χ1) is 8.50. The standard InChI is InChI=1S/C11H13BrN2O3S/c12-7-18(16,17)14-10-3-1-2-8(6-10)11(15)13-9-4-5-9/h1-3,6,9,14H,4-5,7H2,(H,13,15). The third-order valence-corrected chi connectivity index (χ3v) is 5.10. The molecule has 0 saturated heterocycles. The Morgan fingerprint density at radius 3 is 2.72 bits per heavy atom. The van der Waals surface area contributed by atoms with E-state index in [1.165, 1.54) is 6.07 Å². The fourth-order valence-corrected chi connectivity index (χ4v) is 2.31. The zero-order valence-corrected chi connectivity index (χ0v) is 11.9. The summed E-state index contributed by atoms with van der Waals surface area (Å²) < 4.78 is 25.0. The van der Waals surface area contributed by atoms with Crippen molar-refractivity contribution in [2.75, 3.05) is 9.38 Å². The largest absolute Gasteiger partial charge is 0.349 e. The van der Waals surface area contributed by atoms with Crippen molar-refractivity contribution in [3.8, 4) is 0 Å². The van der Waals surface area contributed by atoms with Gasteiger partial charge in [-0.25, -0.2) is 8.42 Å². The van der Waals surface area contributed by atoms with Crippen molar-refractivity contribution >= 4 is 37.5 Å². The predicted molar refractivity (Wildman–Crippen MR) is 73.3 cm³/mol. The van der Waals surface area contributed by atoms with E-state index in [0.29, 0.717) is 11.3 Å². The lowest BCUT2D eigenvalue weighted by Gasteiger charge is -2.08. The van der Waals surface area contributed by atoms with Gasteiger partial charge >= 0.3 is 0 Å². The van der Waals surface area contributed by atoms with Gasteiger partial charge in [0.25, 0.3) is 5.91 Å². The van der Waals surface area contributed by atoms with E-state index in [2.05, 4.69) is 26.0 Å². The van der Waals surface area contributed by atoms with Crippen molar-refractivity contribution in [1.29, 1.82) is 0 Å². The summed E-state index contributed by atoms with van der Waals surface area (Å²) in [6.45, 7) is 0. The van der Waals surface area contributed by atoms with Gasteiger partial charge in [-0.15, -0.1) is 0 Å². The van der Waals surface area contributed by atoms with Crippen molar-refractivity contribution in [3.63, 3.8) is 0 Å². The molecule has 2 rings (SSSR count). The van der Waals surface area contributed by atoms with Crippen molar-refractivity contribution in [2.24, 2.45) is 0 Å². The number of anilines is 1. The highest BCUT2D eigenvalue weighted by molar-refractivity contribution is 9.10. The maximum atomic E-state index is 11.8. The number of hydrogen-bond acceptors (Lipinski definition) is 3. The third kappa shape index (κ3) is 3.71. The lowest BCUT2D eigenvalue weighted by Crippen LogP contribution is -2.25. The van der Waals surface area contributed by atoms with Crippen LogP contribution in [0.25, 0.3) is 0 Å². The molecule has 1 aromatic carbocycles. The minimum absolute atomic E-state index is 0.169. The Morgan fingerprint density at radius 1 is 1.39 bits per heavy atom. The van der Waals surface area contributed by atoms with E-state index in [-0.39, 0.29) is 16.6 Å². The van der Waals surface area contributed by atoms with Crippen molar-refractivity contribution in [2.45, 2.75) is 18.9 Å². The molecular weight excluding hydrogens is 320 g/mol. The first-order valence-corrected chi connectivity index (χ1v) is 8.25. The Morgan fingerprint density at radius 2 is 2.11 bits per heavy atom. The number of nitrogens with one attached hydrogen (secondary N) is 2. The number of amides is 1. The average Bonchev–Trinajstić information content (AvgIpc) is 3.13. The molecule has 1 fully saturated rings. The zero-order chi connectivity index (χ0) is 13.2. The summed E-state index contributed by atoms with van der Waals surface area (Å²) in [6, 6.07) is 6.71. The van der Waals surface area contributed by atoms with Gasteiger partial charge in [0.1, 0.15) is 4.66 Å². The highest BCUT2D eigenvalue weighted by Crippen LogP contribution is 2.20. The Hall–Kier alpha value is -1.08. The summed E-state index contributed by atoms with van der Waals surface area (Å²) in [5, 5.41) is 2.85. The minimum atomic E-state index is -3.39. The normalized spacial score (nSPS) is 15.2. The van der Waals surface area contributed by atoms with Crippen molar-refractivity contribution in [1.82, 2.24) is 5.32 Å². The maximum Gasteiger partial charge on any atom is 0.251 e. The Bertz CT molecular complexity index is 555. The zero-order valence-electron chi connectivity index (χ0n) is 9.52. The van der Waals surface area contributed by atoms with E-state index < -0.39 is 10.0 Å². The number of sulfonamides is 1. The number of rotatable bonds is 5. The van der Waals surface area contributed by atoms with Crippen LogP contribution >= 0.6 is 15.9 Å². The van der Waals surface area contributed by atoms with E-state index in [1.54, 1.807) is 18.2 Å². The summed E-state index contributed by atoms with van der Waals surface area (Å²) in [5.41, 5.74) is 0.842. The summed E-state index contributed by atoms with van der Waals surface area (Å²) >= 11 is 2.89. The topological polar surface area (TPSA) is 75.3 Å². The number of hydrogen-bond donors (Lipinski definition) is 2. The monoisotopic (exact) mass is 332 g/mol. The van der Waals surface area contributed by atoms with Gasteiger partial charge in [-0.1, -0.05) is 22.0 Å². The van der Waals surface area contributed by atoms with Crippen LogP contribution in [0.3, 0.4) is 0 Å². The number of benzene rings is 1. The molecule has 0 spiro atoms. The highest BCUT2D eigenvalue weighted by atomic mass is 79.9. The quantitative estimate of drug-likeness (QED) is 0.805. The molecule has 18 heavy (non-hydrogen) atoms. The predicted octanol–water partition coefficient (Wildman–Crippen LogP) is 1.67. The van der Waals surface area contributed by atoms with Crippen LogP contribution in [-0.2, 0) is 10.0 Å². The van der Waals surface area contributed by atoms with E-state index in [9.17, 15) is 13.2 Å². The third-order valence-electron chi connectivity index (χ3n) is 2.45. The molecule has 1 aromatic rings. The summed E-state index contributed by atoms with van der Waals surface area (Å²) in [6.07, 6.45) is 2.03.